The standard InChI is InChI=1S/C20H32N6O2S/c1-7-17(27)22-19(3,4)14-20(5,21-12-16-11-15(2)29-13-16)18-23-24-25-26(18)9-8-10-28-6/h7,11,13,21H,1,8-10,12,14H2,2-6H3,(H,22,27). The van der Waals surface area contributed by atoms with E-state index in [0.29, 0.717) is 26.1 Å². The summed E-state index contributed by atoms with van der Waals surface area (Å²) in [4.78, 5) is 13.2. The monoisotopic (exact) mass is 420 g/mol. The Morgan fingerprint density at radius 1 is 1.41 bits per heavy atom. The molecule has 0 aliphatic rings. The summed E-state index contributed by atoms with van der Waals surface area (Å²) in [6.07, 6.45) is 2.69. The third-order valence-corrected chi connectivity index (χ3v) is 5.56. The van der Waals surface area contributed by atoms with Crippen LogP contribution in [0.4, 0.5) is 0 Å². The van der Waals surface area contributed by atoms with Crippen LogP contribution in [0.3, 0.4) is 0 Å². The largest absolute Gasteiger partial charge is 0.385 e. The van der Waals surface area contributed by atoms with Gasteiger partial charge in [0.1, 0.15) is 0 Å². The molecular formula is C20H32N6O2S. The van der Waals surface area contributed by atoms with Crippen LogP contribution in [-0.4, -0.2) is 45.4 Å². The van der Waals surface area contributed by atoms with Crippen LogP contribution in [0.1, 0.15) is 49.9 Å². The summed E-state index contributed by atoms with van der Waals surface area (Å²) in [6.45, 7) is 13.7. The van der Waals surface area contributed by atoms with Gasteiger partial charge in [0, 0.05) is 37.2 Å². The number of ether oxygens (including phenoxy) is 1. The van der Waals surface area contributed by atoms with Gasteiger partial charge >= 0.3 is 0 Å². The number of aromatic nitrogens is 4. The zero-order valence-electron chi connectivity index (χ0n) is 18.0. The van der Waals surface area contributed by atoms with Crippen molar-refractivity contribution < 1.29 is 9.53 Å². The van der Waals surface area contributed by atoms with Crippen LogP contribution in [0.5, 0.6) is 0 Å². The van der Waals surface area contributed by atoms with Crippen molar-refractivity contribution in [3.05, 3.63) is 40.4 Å². The zero-order valence-corrected chi connectivity index (χ0v) is 18.8. The highest BCUT2D eigenvalue weighted by Gasteiger charge is 2.38. The number of amides is 1. The molecule has 2 aromatic heterocycles. The highest BCUT2D eigenvalue weighted by molar-refractivity contribution is 7.10. The van der Waals surface area contributed by atoms with Gasteiger partial charge in [0.05, 0.1) is 5.54 Å². The second-order valence-electron chi connectivity index (χ2n) is 8.08. The first-order chi connectivity index (χ1) is 13.7. The Kier molecular flexibility index (Phi) is 8.06. The Morgan fingerprint density at radius 3 is 2.79 bits per heavy atom. The minimum absolute atomic E-state index is 0.203. The summed E-state index contributed by atoms with van der Waals surface area (Å²) in [6, 6.07) is 2.17. The molecule has 2 rings (SSSR count). The van der Waals surface area contributed by atoms with Gasteiger partial charge < -0.3 is 15.4 Å². The maximum Gasteiger partial charge on any atom is 0.243 e. The summed E-state index contributed by atoms with van der Waals surface area (Å²) in [5, 5.41) is 21.2. The molecule has 0 radical (unpaired) electrons. The number of methoxy groups -OCH3 is 1. The van der Waals surface area contributed by atoms with Crippen molar-refractivity contribution in [3.8, 4) is 0 Å². The summed E-state index contributed by atoms with van der Waals surface area (Å²) in [7, 11) is 1.68. The average molecular weight is 421 g/mol. The third kappa shape index (κ3) is 6.73. The van der Waals surface area contributed by atoms with Gasteiger partial charge in [-0.2, -0.15) is 0 Å². The molecule has 0 spiro atoms. The normalized spacial score (nSPS) is 13.8. The van der Waals surface area contributed by atoms with Crippen LogP contribution >= 0.6 is 11.3 Å². The van der Waals surface area contributed by atoms with Gasteiger partial charge in [-0.05, 0) is 74.0 Å². The van der Waals surface area contributed by atoms with Gasteiger partial charge in [0.2, 0.25) is 5.91 Å². The maximum atomic E-state index is 11.9. The van der Waals surface area contributed by atoms with Crippen molar-refractivity contribution >= 4 is 17.2 Å². The van der Waals surface area contributed by atoms with Crippen LogP contribution < -0.4 is 10.6 Å². The van der Waals surface area contributed by atoms with Crippen molar-refractivity contribution in [2.75, 3.05) is 13.7 Å². The Morgan fingerprint density at radius 2 is 2.17 bits per heavy atom. The molecule has 2 heterocycles. The Labute approximate surface area is 176 Å². The molecule has 2 N–H and O–H groups in total. The summed E-state index contributed by atoms with van der Waals surface area (Å²) in [5.41, 5.74) is 0.149. The molecule has 0 fully saturated rings. The number of hydrogen-bond donors (Lipinski definition) is 2. The molecule has 0 bridgehead atoms. The van der Waals surface area contributed by atoms with E-state index in [9.17, 15) is 4.79 Å². The van der Waals surface area contributed by atoms with E-state index in [4.69, 9.17) is 4.74 Å². The highest BCUT2D eigenvalue weighted by atomic mass is 32.1. The lowest BCUT2D eigenvalue weighted by molar-refractivity contribution is -0.118. The van der Waals surface area contributed by atoms with Crippen LogP contribution in [0.25, 0.3) is 0 Å². The van der Waals surface area contributed by atoms with E-state index >= 15 is 0 Å². The van der Waals surface area contributed by atoms with Crippen molar-refractivity contribution in [2.24, 2.45) is 0 Å². The minimum atomic E-state index is -0.565. The van der Waals surface area contributed by atoms with E-state index < -0.39 is 11.1 Å². The molecule has 1 amide bonds. The van der Waals surface area contributed by atoms with Gasteiger partial charge in [0.15, 0.2) is 5.82 Å². The predicted octanol–water partition coefficient (Wildman–Crippen LogP) is 2.56. The number of nitrogens with zero attached hydrogens (tertiary/aromatic N) is 4. The van der Waals surface area contributed by atoms with Crippen LogP contribution in [0.15, 0.2) is 24.1 Å². The molecule has 0 saturated carbocycles. The van der Waals surface area contributed by atoms with E-state index in [-0.39, 0.29) is 5.91 Å². The van der Waals surface area contributed by atoms with Crippen molar-refractivity contribution in [2.45, 2.75) is 64.7 Å². The molecule has 160 valence electrons. The quantitative estimate of drug-likeness (QED) is 0.405. The SMILES string of the molecule is C=CC(=O)NC(C)(C)CC(C)(NCc1csc(C)c1)c1nnnn1CCCOC. The second-order valence-corrected chi connectivity index (χ2v) is 9.19. The smallest absolute Gasteiger partial charge is 0.243 e. The molecule has 0 saturated heterocycles. The van der Waals surface area contributed by atoms with Gasteiger partial charge in [0.25, 0.3) is 0 Å². The number of carbonyl (C=O) groups excluding carboxylic acids is 1. The molecule has 0 aliphatic carbocycles. The Balaban J connectivity index is 2.28. The third-order valence-electron chi connectivity index (χ3n) is 4.65. The number of thiophene rings is 1. The number of aryl methyl sites for hydroxylation is 2. The average Bonchev–Trinajstić information content (AvgIpc) is 3.28. The van der Waals surface area contributed by atoms with E-state index in [2.05, 4.69) is 58.0 Å². The van der Waals surface area contributed by atoms with Gasteiger partial charge in [-0.1, -0.05) is 6.58 Å². The number of nitrogens with one attached hydrogen (secondary N) is 2. The Hall–Kier alpha value is -2.10. The van der Waals surface area contributed by atoms with Crippen molar-refractivity contribution in [1.82, 2.24) is 30.8 Å². The molecule has 9 heteroatoms. The number of rotatable bonds is 12. The highest BCUT2D eigenvalue weighted by Crippen LogP contribution is 2.30. The number of hydrogen-bond acceptors (Lipinski definition) is 7. The fraction of sp³-hybridized carbons (Fsp3) is 0.600. The summed E-state index contributed by atoms with van der Waals surface area (Å²) >= 11 is 1.73. The topological polar surface area (TPSA) is 94.0 Å². The van der Waals surface area contributed by atoms with Gasteiger partial charge in [-0.3, -0.25) is 4.79 Å². The van der Waals surface area contributed by atoms with Crippen molar-refractivity contribution in [3.63, 3.8) is 0 Å². The van der Waals surface area contributed by atoms with Crippen molar-refractivity contribution in [1.29, 1.82) is 0 Å². The van der Waals surface area contributed by atoms with Gasteiger partial charge in [-0.15, -0.1) is 16.4 Å². The molecule has 0 aliphatic heterocycles. The maximum absolute atomic E-state index is 11.9. The fourth-order valence-electron chi connectivity index (χ4n) is 3.53. The van der Waals surface area contributed by atoms with E-state index in [1.54, 1.807) is 18.4 Å². The molecule has 8 nitrogen and oxygen atoms in total. The molecular weight excluding hydrogens is 388 g/mol. The van der Waals surface area contributed by atoms with Crippen LogP contribution in [0, 0.1) is 6.92 Å². The van der Waals surface area contributed by atoms with Gasteiger partial charge in [-0.25, -0.2) is 4.68 Å². The first kappa shape index (κ1) is 23.2. The lowest BCUT2D eigenvalue weighted by atomic mass is 9.84. The lowest BCUT2D eigenvalue weighted by Gasteiger charge is -2.37. The molecule has 2 aromatic rings. The molecule has 0 aromatic carbocycles. The van der Waals surface area contributed by atoms with E-state index in [0.717, 1.165) is 12.2 Å². The summed E-state index contributed by atoms with van der Waals surface area (Å²) in [5.74, 6) is 0.534. The molecule has 1 unspecified atom stereocenters. The first-order valence-electron chi connectivity index (χ1n) is 9.68. The lowest BCUT2D eigenvalue weighted by Crippen LogP contribution is -2.52. The second kappa shape index (κ2) is 10.1. The predicted molar refractivity (Wildman–Crippen MR) is 115 cm³/mol. The first-order valence-corrected chi connectivity index (χ1v) is 10.6. The Bertz CT molecular complexity index is 816. The number of tetrazole rings is 1. The molecule has 29 heavy (non-hydrogen) atoms. The van der Waals surface area contributed by atoms with E-state index in [1.807, 2.05) is 18.5 Å². The molecule has 1 atom stereocenters. The fourth-order valence-corrected chi connectivity index (χ4v) is 4.24. The minimum Gasteiger partial charge on any atom is -0.385 e. The van der Waals surface area contributed by atoms with Crippen LogP contribution in [-0.2, 0) is 28.2 Å². The number of carbonyl (C=O) groups is 1. The zero-order chi connectivity index (χ0) is 21.5. The van der Waals surface area contributed by atoms with Crippen LogP contribution in [0.2, 0.25) is 0 Å². The summed E-state index contributed by atoms with van der Waals surface area (Å²) < 4.78 is 6.97. The van der Waals surface area contributed by atoms with E-state index in [1.165, 1.54) is 16.5 Å².